The Morgan fingerprint density at radius 3 is 2.43 bits per heavy atom. The van der Waals surface area contributed by atoms with E-state index < -0.39 is 0 Å². The van der Waals surface area contributed by atoms with Gasteiger partial charge in [0.05, 0.1) is 19.8 Å². The highest BCUT2D eigenvalue weighted by Gasteiger charge is 2.11. The van der Waals surface area contributed by atoms with Gasteiger partial charge in [-0.25, -0.2) is 0 Å². The van der Waals surface area contributed by atoms with Crippen LogP contribution in [-0.2, 0) is 11.2 Å². The van der Waals surface area contributed by atoms with E-state index in [-0.39, 0.29) is 6.04 Å². The third kappa shape index (κ3) is 4.89. The van der Waals surface area contributed by atoms with Crippen molar-refractivity contribution in [2.45, 2.75) is 26.3 Å². The first-order valence-corrected chi connectivity index (χ1v) is 7.73. The molecule has 0 spiro atoms. The molecular formula is C19H24N2O2. The highest BCUT2D eigenvalue weighted by molar-refractivity contribution is 5.57. The third-order valence-corrected chi connectivity index (χ3v) is 3.61. The van der Waals surface area contributed by atoms with Gasteiger partial charge in [0.1, 0.15) is 11.4 Å². The number of azo groups is 1. The van der Waals surface area contributed by atoms with E-state index in [1.165, 1.54) is 5.56 Å². The lowest BCUT2D eigenvalue weighted by atomic mass is 10.1. The average molecular weight is 312 g/mol. The topological polar surface area (TPSA) is 43.2 Å². The summed E-state index contributed by atoms with van der Waals surface area (Å²) in [5.74, 6) is 0.773. The van der Waals surface area contributed by atoms with Crippen LogP contribution in [0.4, 0.5) is 5.69 Å². The number of hydrogen-bond acceptors (Lipinski definition) is 4. The first-order chi connectivity index (χ1) is 11.1. The quantitative estimate of drug-likeness (QED) is 0.698. The maximum Gasteiger partial charge on any atom is 0.149 e. The maximum absolute atomic E-state index is 5.46. The molecule has 23 heavy (non-hydrogen) atoms. The zero-order valence-corrected chi connectivity index (χ0v) is 14.2. The number of methoxy groups -OCH3 is 2. The van der Waals surface area contributed by atoms with Crippen molar-refractivity contribution in [3.05, 3.63) is 59.2 Å². The van der Waals surface area contributed by atoms with E-state index in [0.29, 0.717) is 6.61 Å². The Bertz CT molecular complexity index is 654. The van der Waals surface area contributed by atoms with Gasteiger partial charge in [0.25, 0.3) is 0 Å². The zero-order valence-electron chi connectivity index (χ0n) is 14.2. The van der Waals surface area contributed by atoms with Crippen molar-refractivity contribution in [3.63, 3.8) is 0 Å². The Morgan fingerprint density at radius 1 is 1.04 bits per heavy atom. The van der Waals surface area contributed by atoms with E-state index in [2.05, 4.69) is 28.4 Å². The predicted octanol–water partition coefficient (Wildman–Crippen LogP) is 4.65. The molecule has 4 heteroatoms. The second kappa shape index (κ2) is 8.44. The van der Waals surface area contributed by atoms with Crippen LogP contribution in [0.5, 0.6) is 5.75 Å². The minimum atomic E-state index is -0.0204. The van der Waals surface area contributed by atoms with Gasteiger partial charge < -0.3 is 9.47 Å². The number of aryl methyl sites for hydroxylation is 2. The molecule has 122 valence electrons. The Morgan fingerprint density at radius 2 is 1.78 bits per heavy atom. The fraction of sp³-hybridized carbons (Fsp3) is 0.368. The van der Waals surface area contributed by atoms with Crippen molar-refractivity contribution in [1.29, 1.82) is 0 Å². The Balaban J connectivity index is 2.21. The number of benzene rings is 2. The van der Waals surface area contributed by atoms with Gasteiger partial charge in [0, 0.05) is 7.11 Å². The van der Waals surface area contributed by atoms with Gasteiger partial charge in [-0.3, -0.25) is 0 Å². The van der Waals surface area contributed by atoms with Crippen LogP contribution in [0.1, 0.15) is 16.7 Å². The maximum atomic E-state index is 5.46. The van der Waals surface area contributed by atoms with Gasteiger partial charge in [-0.15, -0.1) is 0 Å². The fourth-order valence-electron chi connectivity index (χ4n) is 2.63. The van der Waals surface area contributed by atoms with Crippen LogP contribution < -0.4 is 4.74 Å². The van der Waals surface area contributed by atoms with Gasteiger partial charge in [0.2, 0.25) is 0 Å². The molecule has 0 aliphatic heterocycles. The summed E-state index contributed by atoms with van der Waals surface area (Å²) in [6, 6.07) is 14.3. The number of hydrogen-bond donors (Lipinski definition) is 0. The third-order valence-electron chi connectivity index (χ3n) is 3.61. The second-order valence-electron chi connectivity index (χ2n) is 5.65. The molecule has 2 aromatic carbocycles. The first-order valence-electron chi connectivity index (χ1n) is 7.73. The number of ether oxygens (including phenoxy) is 2. The van der Waals surface area contributed by atoms with Gasteiger partial charge in [-0.2, -0.15) is 10.2 Å². The van der Waals surface area contributed by atoms with Gasteiger partial charge in [-0.1, -0.05) is 36.4 Å². The van der Waals surface area contributed by atoms with Gasteiger partial charge in [-0.05, 0) is 43.0 Å². The minimum absolute atomic E-state index is 0.0204. The molecule has 0 aromatic heterocycles. The lowest BCUT2D eigenvalue weighted by Gasteiger charge is -2.12. The zero-order chi connectivity index (χ0) is 16.7. The van der Waals surface area contributed by atoms with Crippen LogP contribution in [0.15, 0.2) is 52.7 Å². The van der Waals surface area contributed by atoms with E-state index in [0.717, 1.165) is 29.0 Å². The smallest absolute Gasteiger partial charge is 0.149 e. The van der Waals surface area contributed by atoms with Gasteiger partial charge >= 0.3 is 0 Å². The monoisotopic (exact) mass is 312 g/mol. The summed E-state index contributed by atoms with van der Waals surface area (Å²) in [4.78, 5) is 0. The largest absolute Gasteiger partial charge is 0.494 e. The summed E-state index contributed by atoms with van der Waals surface area (Å²) in [7, 11) is 3.35. The minimum Gasteiger partial charge on any atom is -0.494 e. The molecule has 0 saturated heterocycles. The first kappa shape index (κ1) is 17.2. The molecule has 4 nitrogen and oxygen atoms in total. The molecule has 1 unspecified atom stereocenters. The summed E-state index contributed by atoms with van der Waals surface area (Å²) in [5.41, 5.74) is 4.19. The van der Waals surface area contributed by atoms with Crippen LogP contribution in [0.25, 0.3) is 0 Å². The summed E-state index contributed by atoms with van der Waals surface area (Å²) in [6.45, 7) is 4.59. The van der Waals surface area contributed by atoms with Crippen LogP contribution in [0, 0.1) is 13.8 Å². The van der Waals surface area contributed by atoms with Crippen molar-refractivity contribution in [2.24, 2.45) is 10.2 Å². The molecule has 0 bridgehead atoms. The van der Waals surface area contributed by atoms with Gasteiger partial charge in [0.15, 0.2) is 0 Å². The van der Waals surface area contributed by atoms with E-state index in [4.69, 9.17) is 9.47 Å². The molecule has 2 rings (SSSR count). The molecule has 2 aromatic rings. The van der Waals surface area contributed by atoms with Crippen LogP contribution in [0.3, 0.4) is 0 Å². The number of nitrogens with zero attached hydrogens (tertiary/aromatic N) is 2. The summed E-state index contributed by atoms with van der Waals surface area (Å²) < 4.78 is 10.7. The van der Waals surface area contributed by atoms with E-state index in [1.54, 1.807) is 14.2 Å². The van der Waals surface area contributed by atoms with Crippen LogP contribution >= 0.6 is 0 Å². The SMILES string of the molecule is COCC(Cc1ccccc1)N=Nc1cc(C)cc(C)c1OC. The molecule has 0 amide bonds. The summed E-state index contributed by atoms with van der Waals surface area (Å²) in [6.07, 6.45) is 0.797. The van der Waals surface area contributed by atoms with Crippen LogP contribution in [0.2, 0.25) is 0 Å². The molecule has 0 fully saturated rings. The average Bonchev–Trinajstić information content (AvgIpc) is 2.53. The van der Waals surface area contributed by atoms with Crippen molar-refractivity contribution in [1.82, 2.24) is 0 Å². The molecule has 0 radical (unpaired) electrons. The second-order valence-corrected chi connectivity index (χ2v) is 5.65. The summed E-state index contributed by atoms with van der Waals surface area (Å²) >= 11 is 0. The van der Waals surface area contributed by atoms with E-state index in [9.17, 15) is 0 Å². The molecule has 0 aliphatic rings. The molecular weight excluding hydrogens is 288 g/mol. The predicted molar refractivity (Wildman–Crippen MR) is 92.8 cm³/mol. The van der Waals surface area contributed by atoms with Crippen molar-refractivity contribution >= 4 is 5.69 Å². The lowest BCUT2D eigenvalue weighted by Crippen LogP contribution is -2.14. The molecule has 1 atom stereocenters. The van der Waals surface area contributed by atoms with Crippen molar-refractivity contribution < 1.29 is 9.47 Å². The standard InChI is InChI=1S/C19H24N2O2/c1-14-10-15(2)19(23-4)18(11-14)21-20-17(13-22-3)12-16-8-6-5-7-9-16/h5-11,17H,12-13H2,1-4H3. The number of rotatable bonds is 7. The Labute approximate surface area is 138 Å². The lowest BCUT2D eigenvalue weighted by molar-refractivity contribution is 0.178. The Hall–Kier alpha value is -2.20. The molecule has 0 saturated carbocycles. The molecule has 0 heterocycles. The molecule has 0 aliphatic carbocycles. The van der Waals surface area contributed by atoms with E-state index in [1.807, 2.05) is 38.1 Å². The van der Waals surface area contributed by atoms with Crippen molar-refractivity contribution in [2.75, 3.05) is 20.8 Å². The highest BCUT2D eigenvalue weighted by Crippen LogP contribution is 2.32. The highest BCUT2D eigenvalue weighted by atomic mass is 16.5. The summed E-state index contributed by atoms with van der Waals surface area (Å²) in [5, 5.41) is 8.92. The van der Waals surface area contributed by atoms with Crippen LogP contribution in [-0.4, -0.2) is 26.9 Å². The van der Waals surface area contributed by atoms with Crippen molar-refractivity contribution in [3.8, 4) is 5.75 Å². The Kier molecular flexibility index (Phi) is 6.29. The normalized spacial score (nSPS) is 12.5. The fourth-order valence-corrected chi connectivity index (χ4v) is 2.63. The van der Waals surface area contributed by atoms with E-state index >= 15 is 0 Å². The molecule has 0 N–H and O–H groups in total.